The van der Waals surface area contributed by atoms with Crippen LogP contribution >= 0.6 is 11.6 Å². The van der Waals surface area contributed by atoms with Crippen molar-refractivity contribution in [1.29, 1.82) is 0 Å². The van der Waals surface area contributed by atoms with Crippen molar-refractivity contribution in [2.24, 2.45) is 5.73 Å². The Hall–Kier alpha value is -0.730. The topological polar surface area (TPSA) is 35.2 Å². The smallest absolute Gasteiger partial charge is 0.122 e. The van der Waals surface area contributed by atoms with Gasteiger partial charge in [0.25, 0.3) is 0 Å². The Morgan fingerprint density at radius 2 is 2.12 bits per heavy atom. The van der Waals surface area contributed by atoms with Gasteiger partial charge in [-0.25, -0.2) is 0 Å². The molecule has 0 aliphatic heterocycles. The van der Waals surface area contributed by atoms with Crippen LogP contribution in [-0.2, 0) is 6.42 Å². The molecule has 1 aromatic carbocycles. The molecule has 0 fully saturated rings. The molecule has 0 bridgehead atoms. The van der Waals surface area contributed by atoms with Crippen molar-refractivity contribution < 1.29 is 4.74 Å². The number of ether oxygens (including phenoxy) is 1. The SMILES string of the molecule is CCC(N)CCc1cc(Cl)c(C)cc1OC. The molecule has 0 saturated heterocycles. The third kappa shape index (κ3) is 3.39. The van der Waals surface area contributed by atoms with Gasteiger partial charge < -0.3 is 10.5 Å². The summed E-state index contributed by atoms with van der Waals surface area (Å²) in [5.74, 6) is 0.908. The lowest BCUT2D eigenvalue weighted by Crippen LogP contribution is -2.19. The van der Waals surface area contributed by atoms with Crippen molar-refractivity contribution in [2.45, 2.75) is 39.2 Å². The van der Waals surface area contributed by atoms with E-state index in [1.54, 1.807) is 7.11 Å². The van der Waals surface area contributed by atoms with Crippen LogP contribution in [0.3, 0.4) is 0 Å². The van der Waals surface area contributed by atoms with Crippen LogP contribution in [-0.4, -0.2) is 13.2 Å². The number of rotatable bonds is 5. The average molecular weight is 242 g/mol. The van der Waals surface area contributed by atoms with Crippen LogP contribution in [0.1, 0.15) is 30.9 Å². The van der Waals surface area contributed by atoms with Gasteiger partial charge >= 0.3 is 0 Å². The molecule has 1 atom stereocenters. The predicted molar refractivity (Wildman–Crippen MR) is 69.3 cm³/mol. The molecule has 1 unspecified atom stereocenters. The van der Waals surface area contributed by atoms with Crippen LogP contribution in [0.25, 0.3) is 0 Å². The summed E-state index contributed by atoms with van der Waals surface area (Å²) >= 11 is 6.11. The van der Waals surface area contributed by atoms with Gasteiger partial charge in [-0.1, -0.05) is 18.5 Å². The highest BCUT2D eigenvalue weighted by Crippen LogP contribution is 2.27. The van der Waals surface area contributed by atoms with E-state index in [4.69, 9.17) is 22.1 Å². The lowest BCUT2D eigenvalue weighted by Gasteiger charge is -2.13. The fourth-order valence-electron chi connectivity index (χ4n) is 1.63. The highest BCUT2D eigenvalue weighted by Gasteiger charge is 2.08. The minimum atomic E-state index is 0.254. The molecule has 2 N–H and O–H groups in total. The van der Waals surface area contributed by atoms with Crippen LogP contribution in [0.5, 0.6) is 5.75 Å². The van der Waals surface area contributed by atoms with Crippen molar-refractivity contribution in [3.05, 3.63) is 28.3 Å². The first kappa shape index (κ1) is 13.3. The first-order valence-corrected chi connectivity index (χ1v) is 6.04. The molecule has 0 aliphatic carbocycles. The number of hydrogen-bond acceptors (Lipinski definition) is 2. The molecule has 1 aromatic rings. The summed E-state index contributed by atoms with van der Waals surface area (Å²) < 4.78 is 5.35. The van der Waals surface area contributed by atoms with Gasteiger partial charge in [0.1, 0.15) is 5.75 Å². The number of nitrogens with two attached hydrogens (primary N) is 1. The summed E-state index contributed by atoms with van der Waals surface area (Å²) in [5.41, 5.74) is 8.09. The molecule has 0 aromatic heterocycles. The van der Waals surface area contributed by atoms with E-state index in [1.165, 1.54) is 0 Å². The van der Waals surface area contributed by atoms with Crippen molar-refractivity contribution >= 4 is 11.6 Å². The Kier molecular flexibility index (Phi) is 5.10. The van der Waals surface area contributed by atoms with E-state index >= 15 is 0 Å². The number of methoxy groups -OCH3 is 1. The number of benzene rings is 1. The molecule has 0 amide bonds. The van der Waals surface area contributed by atoms with Gasteiger partial charge in [0.05, 0.1) is 7.11 Å². The fourth-order valence-corrected chi connectivity index (χ4v) is 1.81. The van der Waals surface area contributed by atoms with Gasteiger partial charge in [0.2, 0.25) is 0 Å². The molecular weight excluding hydrogens is 222 g/mol. The van der Waals surface area contributed by atoms with Crippen molar-refractivity contribution in [3.8, 4) is 5.75 Å². The molecule has 0 radical (unpaired) electrons. The van der Waals surface area contributed by atoms with Gasteiger partial charge in [0.15, 0.2) is 0 Å². The normalized spacial score (nSPS) is 12.6. The summed E-state index contributed by atoms with van der Waals surface area (Å²) in [7, 11) is 1.69. The van der Waals surface area contributed by atoms with E-state index in [0.717, 1.165) is 41.2 Å². The van der Waals surface area contributed by atoms with Gasteiger partial charge in [-0.3, -0.25) is 0 Å². The second kappa shape index (κ2) is 6.12. The quantitative estimate of drug-likeness (QED) is 0.858. The molecular formula is C13H20ClNO. The lowest BCUT2D eigenvalue weighted by molar-refractivity contribution is 0.407. The minimum Gasteiger partial charge on any atom is -0.496 e. The van der Waals surface area contributed by atoms with E-state index in [0.29, 0.717) is 0 Å². The zero-order valence-corrected chi connectivity index (χ0v) is 11.0. The van der Waals surface area contributed by atoms with E-state index in [1.807, 2.05) is 19.1 Å². The van der Waals surface area contributed by atoms with Crippen molar-refractivity contribution in [3.63, 3.8) is 0 Å². The molecule has 16 heavy (non-hydrogen) atoms. The Labute approximate surface area is 103 Å². The second-order valence-corrected chi connectivity index (χ2v) is 4.53. The molecule has 3 heteroatoms. The molecule has 90 valence electrons. The van der Waals surface area contributed by atoms with E-state index in [9.17, 15) is 0 Å². The Morgan fingerprint density at radius 3 is 2.69 bits per heavy atom. The van der Waals surface area contributed by atoms with Gasteiger partial charge in [-0.2, -0.15) is 0 Å². The molecule has 1 rings (SSSR count). The fraction of sp³-hybridized carbons (Fsp3) is 0.538. The van der Waals surface area contributed by atoms with Crippen LogP contribution in [0.15, 0.2) is 12.1 Å². The average Bonchev–Trinajstić information content (AvgIpc) is 2.29. The maximum atomic E-state index is 6.11. The highest BCUT2D eigenvalue weighted by atomic mass is 35.5. The number of hydrogen-bond donors (Lipinski definition) is 1. The maximum absolute atomic E-state index is 6.11. The number of aryl methyl sites for hydroxylation is 2. The molecule has 0 spiro atoms. The zero-order valence-electron chi connectivity index (χ0n) is 10.2. The molecule has 0 heterocycles. The predicted octanol–water partition coefficient (Wildman–Crippen LogP) is 3.33. The molecule has 2 nitrogen and oxygen atoms in total. The highest BCUT2D eigenvalue weighted by molar-refractivity contribution is 6.31. The Bertz CT molecular complexity index is 352. The summed E-state index contributed by atoms with van der Waals surface area (Å²) in [5, 5.41) is 0.792. The molecule has 0 saturated carbocycles. The number of halogens is 1. The van der Waals surface area contributed by atoms with Gasteiger partial charge in [-0.15, -0.1) is 0 Å². The third-order valence-corrected chi connectivity index (χ3v) is 3.28. The van der Waals surface area contributed by atoms with Crippen LogP contribution in [0, 0.1) is 6.92 Å². The monoisotopic (exact) mass is 241 g/mol. The summed E-state index contributed by atoms with van der Waals surface area (Å²) in [6.07, 6.45) is 2.88. The third-order valence-electron chi connectivity index (χ3n) is 2.87. The molecule has 0 aliphatic rings. The minimum absolute atomic E-state index is 0.254. The standard InChI is InChI=1S/C13H20ClNO/c1-4-11(15)6-5-10-8-12(14)9(2)7-13(10)16-3/h7-8,11H,4-6,15H2,1-3H3. The van der Waals surface area contributed by atoms with Gasteiger partial charge in [-0.05, 0) is 49.4 Å². The first-order valence-electron chi connectivity index (χ1n) is 5.67. The summed E-state index contributed by atoms with van der Waals surface area (Å²) in [6, 6.07) is 4.22. The first-order chi connectivity index (χ1) is 7.58. The Morgan fingerprint density at radius 1 is 1.44 bits per heavy atom. The van der Waals surface area contributed by atoms with E-state index < -0.39 is 0 Å². The van der Waals surface area contributed by atoms with Gasteiger partial charge in [0, 0.05) is 11.1 Å². The van der Waals surface area contributed by atoms with Crippen molar-refractivity contribution in [1.82, 2.24) is 0 Å². The zero-order chi connectivity index (χ0) is 12.1. The van der Waals surface area contributed by atoms with Crippen molar-refractivity contribution in [2.75, 3.05) is 7.11 Å². The van der Waals surface area contributed by atoms with E-state index in [2.05, 4.69) is 6.92 Å². The lowest BCUT2D eigenvalue weighted by atomic mass is 10.0. The second-order valence-electron chi connectivity index (χ2n) is 4.12. The van der Waals surface area contributed by atoms with Crippen LogP contribution in [0.2, 0.25) is 5.02 Å². The largest absolute Gasteiger partial charge is 0.496 e. The summed E-state index contributed by atoms with van der Waals surface area (Å²) in [6.45, 7) is 4.08. The van der Waals surface area contributed by atoms with Crippen LogP contribution in [0.4, 0.5) is 0 Å². The maximum Gasteiger partial charge on any atom is 0.122 e. The van der Waals surface area contributed by atoms with E-state index in [-0.39, 0.29) is 6.04 Å². The summed E-state index contributed by atoms with van der Waals surface area (Å²) in [4.78, 5) is 0. The Balaban J connectivity index is 2.81. The van der Waals surface area contributed by atoms with Crippen LogP contribution < -0.4 is 10.5 Å².